The van der Waals surface area contributed by atoms with Crippen LogP contribution in [0.25, 0.3) is 0 Å². The van der Waals surface area contributed by atoms with Crippen molar-refractivity contribution in [3.8, 4) is 11.5 Å². The molecule has 1 aromatic carbocycles. The fourth-order valence-electron chi connectivity index (χ4n) is 3.83. The number of hydrogen-bond acceptors (Lipinski definition) is 8. The van der Waals surface area contributed by atoms with Crippen LogP contribution < -0.4 is 20.4 Å². The number of nitrogens with two attached hydrogens (primary N) is 1. The molecule has 3 heterocycles. The van der Waals surface area contributed by atoms with E-state index in [-0.39, 0.29) is 41.2 Å². The second-order valence-corrected chi connectivity index (χ2v) is 7.39. The van der Waals surface area contributed by atoms with E-state index in [0.29, 0.717) is 38.8 Å². The molecule has 0 aromatic heterocycles. The van der Waals surface area contributed by atoms with Gasteiger partial charge in [0.25, 0.3) is 0 Å². The number of aliphatic hydroxyl groups excluding tert-OH is 1. The topological polar surface area (TPSA) is 138 Å². The second kappa shape index (κ2) is 7.29. The summed E-state index contributed by atoms with van der Waals surface area (Å²) >= 11 is 0. The van der Waals surface area contributed by atoms with Crippen LogP contribution in [0.4, 0.5) is 0 Å². The number of nitrogens with zero attached hydrogens (tertiary/aromatic N) is 1. The van der Waals surface area contributed by atoms with Crippen LogP contribution in [-0.2, 0) is 11.2 Å². The predicted molar refractivity (Wildman–Crippen MR) is 96.1 cm³/mol. The number of amides is 1. The van der Waals surface area contributed by atoms with E-state index in [4.69, 9.17) is 15.1 Å². The quantitative estimate of drug-likeness (QED) is 0.311. The van der Waals surface area contributed by atoms with Gasteiger partial charge in [0.2, 0.25) is 5.91 Å². The Hall–Kier alpha value is -1.85. The third-order valence-electron chi connectivity index (χ3n) is 5.33. The third-order valence-corrected chi connectivity index (χ3v) is 5.33. The van der Waals surface area contributed by atoms with Gasteiger partial charge in [-0.15, -0.1) is 0 Å². The van der Waals surface area contributed by atoms with Crippen LogP contribution in [0.1, 0.15) is 23.8 Å². The number of aliphatic hydroxyl groups is 2. The molecule has 27 heavy (non-hydrogen) atoms. The smallest absolute Gasteiger partial charge is 0.522 e. The van der Waals surface area contributed by atoms with Crippen molar-refractivity contribution in [2.45, 2.75) is 43.6 Å². The van der Waals surface area contributed by atoms with Crippen LogP contribution in [0.3, 0.4) is 0 Å². The SMILES string of the molecule is N[C@H]1CN[C@H](C(=O)N2CC(Oc3ccc4c(c3C(O)O)OB(O)CC4)C2)C1. The Morgan fingerprint density at radius 3 is 2.85 bits per heavy atom. The highest BCUT2D eigenvalue weighted by Gasteiger charge is 2.39. The summed E-state index contributed by atoms with van der Waals surface area (Å²) in [5, 5.41) is 32.4. The molecule has 3 aliphatic heterocycles. The Labute approximate surface area is 157 Å². The number of carbonyl (C=O) groups excluding carboxylic acids is 1. The monoisotopic (exact) mass is 377 g/mol. The first-order chi connectivity index (χ1) is 12.9. The van der Waals surface area contributed by atoms with Crippen LogP contribution in [0.5, 0.6) is 11.5 Å². The molecule has 2 fully saturated rings. The van der Waals surface area contributed by atoms with Crippen molar-refractivity contribution < 1.29 is 29.4 Å². The van der Waals surface area contributed by atoms with E-state index < -0.39 is 13.4 Å². The lowest BCUT2D eigenvalue weighted by molar-refractivity contribution is -0.142. The van der Waals surface area contributed by atoms with Crippen molar-refractivity contribution in [2.24, 2.45) is 5.73 Å². The zero-order valence-electron chi connectivity index (χ0n) is 14.9. The molecule has 146 valence electrons. The number of hydrogen-bond donors (Lipinski definition) is 5. The van der Waals surface area contributed by atoms with Gasteiger partial charge in [-0.1, -0.05) is 6.07 Å². The number of rotatable bonds is 4. The van der Waals surface area contributed by atoms with E-state index in [2.05, 4.69) is 5.32 Å². The molecule has 0 bridgehead atoms. The van der Waals surface area contributed by atoms with Crippen LogP contribution in [0.2, 0.25) is 6.32 Å². The molecule has 0 spiro atoms. The number of benzene rings is 1. The third kappa shape index (κ3) is 3.63. The summed E-state index contributed by atoms with van der Waals surface area (Å²) in [4.78, 5) is 14.1. The lowest BCUT2D eigenvalue weighted by Crippen LogP contribution is -2.59. The van der Waals surface area contributed by atoms with E-state index >= 15 is 0 Å². The van der Waals surface area contributed by atoms with Crippen LogP contribution in [0, 0.1) is 0 Å². The average molecular weight is 377 g/mol. The van der Waals surface area contributed by atoms with Crippen molar-refractivity contribution in [1.29, 1.82) is 0 Å². The van der Waals surface area contributed by atoms with Crippen molar-refractivity contribution in [3.05, 3.63) is 23.3 Å². The molecule has 1 amide bonds. The van der Waals surface area contributed by atoms with Crippen molar-refractivity contribution in [3.63, 3.8) is 0 Å². The Balaban J connectivity index is 1.42. The van der Waals surface area contributed by atoms with Crippen LogP contribution >= 0.6 is 0 Å². The summed E-state index contributed by atoms with van der Waals surface area (Å²) in [5.41, 5.74) is 6.73. The van der Waals surface area contributed by atoms with E-state index in [1.165, 1.54) is 0 Å². The zero-order chi connectivity index (χ0) is 19.1. The van der Waals surface area contributed by atoms with Crippen LogP contribution in [0.15, 0.2) is 12.1 Å². The summed E-state index contributed by atoms with van der Waals surface area (Å²) in [5.74, 6) is 0.565. The maximum absolute atomic E-state index is 12.4. The van der Waals surface area contributed by atoms with Gasteiger partial charge in [0.1, 0.15) is 17.6 Å². The zero-order valence-corrected chi connectivity index (χ0v) is 14.9. The molecule has 4 rings (SSSR count). The Bertz CT molecular complexity index is 727. The van der Waals surface area contributed by atoms with Crippen molar-refractivity contribution in [2.75, 3.05) is 19.6 Å². The van der Waals surface area contributed by atoms with Crippen molar-refractivity contribution >= 4 is 13.0 Å². The van der Waals surface area contributed by atoms with Gasteiger partial charge in [-0.2, -0.15) is 0 Å². The fraction of sp³-hybridized carbons (Fsp3) is 0.588. The maximum atomic E-state index is 12.4. The molecule has 2 saturated heterocycles. The molecule has 3 aliphatic rings. The van der Waals surface area contributed by atoms with Gasteiger partial charge in [0, 0.05) is 12.6 Å². The standard InChI is InChI=1S/C17H24BN3O6/c19-10-5-12(20-6-10)16(22)21-7-11(8-21)26-13-2-1-9-3-4-18(25)27-15(9)14(13)17(23)24/h1-2,10-12,17,20,23-25H,3-8,19H2/t10-,12+/m1/s1. The summed E-state index contributed by atoms with van der Waals surface area (Å²) in [7, 11) is -0.979. The first-order valence-electron chi connectivity index (χ1n) is 9.23. The van der Waals surface area contributed by atoms with E-state index in [1.807, 2.05) is 0 Å². The van der Waals surface area contributed by atoms with Gasteiger partial charge in [0.15, 0.2) is 6.29 Å². The lowest BCUT2D eigenvalue weighted by atomic mass is 9.78. The molecule has 0 saturated carbocycles. The number of carbonyl (C=O) groups is 1. The Kier molecular flexibility index (Phi) is 5.00. The van der Waals surface area contributed by atoms with Gasteiger partial charge >= 0.3 is 7.12 Å². The molecular weight excluding hydrogens is 353 g/mol. The first-order valence-corrected chi connectivity index (χ1v) is 9.23. The van der Waals surface area contributed by atoms with Gasteiger partial charge < -0.3 is 40.6 Å². The minimum absolute atomic E-state index is 0.00622. The molecule has 1 aromatic rings. The fourth-order valence-corrected chi connectivity index (χ4v) is 3.83. The highest BCUT2D eigenvalue weighted by molar-refractivity contribution is 6.44. The molecule has 0 radical (unpaired) electrons. The predicted octanol–water partition coefficient (Wildman–Crippen LogP) is -1.64. The first kappa shape index (κ1) is 18.5. The van der Waals surface area contributed by atoms with Crippen LogP contribution in [-0.4, -0.2) is 71.0 Å². The largest absolute Gasteiger partial charge is 0.535 e. The molecule has 0 unspecified atom stereocenters. The minimum Gasteiger partial charge on any atom is -0.535 e. The van der Waals surface area contributed by atoms with Crippen molar-refractivity contribution in [1.82, 2.24) is 10.2 Å². The molecule has 2 atom stereocenters. The summed E-state index contributed by atoms with van der Waals surface area (Å²) < 4.78 is 11.3. The maximum Gasteiger partial charge on any atom is 0.522 e. The molecule has 9 nitrogen and oxygen atoms in total. The van der Waals surface area contributed by atoms with E-state index in [0.717, 1.165) is 5.56 Å². The lowest BCUT2D eigenvalue weighted by Gasteiger charge is -2.40. The van der Waals surface area contributed by atoms with Gasteiger partial charge in [-0.3, -0.25) is 4.79 Å². The Morgan fingerprint density at radius 2 is 2.19 bits per heavy atom. The number of nitrogens with one attached hydrogen (secondary N) is 1. The molecule has 6 N–H and O–H groups in total. The number of aryl methyl sites for hydroxylation is 1. The van der Waals surface area contributed by atoms with Gasteiger partial charge in [-0.25, -0.2) is 0 Å². The highest BCUT2D eigenvalue weighted by atomic mass is 16.5. The second-order valence-electron chi connectivity index (χ2n) is 7.39. The summed E-state index contributed by atoms with van der Waals surface area (Å²) in [6, 6.07) is 3.24. The number of likely N-dealkylation sites (tertiary alicyclic amines) is 1. The molecular formula is C17H24BN3O6. The van der Waals surface area contributed by atoms with E-state index in [1.54, 1.807) is 17.0 Å². The minimum atomic E-state index is -1.79. The summed E-state index contributed by atoms with van der Waals surface area (Å²) in [6.45, 7) is 1.49. The normalized spacial score (nSPS) is 25.2. The van der Waals surface area contributed by atoms with Gasteiger partial charge in [-0.05, 0) is 30.8 Å². The highest BCUT2D eigenvalue weighted by Crippen LogP contribution is 2.40. The summed E-state index contributed by atoms with van der Waals surface area (Å²) in [6.07, 6.45) is -0.368. The number of ether oxygens (including phenoxy) is 1. The van der Waals surface area contributed by atoms with E-state index in [9.17, 15) is 20.0 Å². The average Bonchev–Trinajstić information content (AvgIpc) is 3.02. The Morgan fingerprint density at radius 1 is 1.41 bits per heavy atom. The van der Waals surface area contributed by atoms with Gasteiger partial charge in [0.05, 0.1) is 24.7 Å². The molecule has 0 aliphatic carbocycles. The number of fused-ring (bicyclic) bond motifs is 1. The molecule has 10 heteroatoms.